The van der Waals surface area contributed by atoms with Crippen molar-refractivity contribution < 1.29 is 26.5 Å². The van der Waals surface area contributed by atoms with Gasteiger partial charge >= 0.3 is 109 Å². The third-order valence-corrected chi connectivity index (χ3v) is 2.43. The third kappa shape index (κ3) is 16.3. The van der Waals surface area contributed by atoms with Gasteiger partial charge in [-0.2, -0.15) is 0 Å². The van der Waals surface area contributed by atoms with E-state index in [1.54, 1.807) is 14.2 Å². The van der Waals surface area contributed by atoms with Crippen molar-refractivity contribution in [3.63, 3.8) is 0 Å². The fraction of sp³-hybridized carbons (Fsp3) is 1.00. The zero-order valence-electron chi connectivity index (χ0n) is 10.7. The minimum atomic E-state index is -0.428. The Morgan fingerprint density at radius 3 is 1.41 bits per heavy atom. The second-order valence-electron chi connectivity index (χ2n) is 3.05. The van der Waals surface area contributed by atoms with E-state index in [2.05, 4.69) is 0 Å². The molecule has 0 N–H and O–H groups in total. The first kappa shape index (κ1) is 17.3. The summed E-state index contributed by atoms with van der Waals surface area (Å²) < 4.78 is 30.6. The van der Waals surface area contributed by atoms with E-state index in [9.17, 15) is 0 Å². The van der Waals surface area contributed by atoms with Crippen molar-refractivity contribution in [2.24, 2.45) is 0 Å². The first-order chi connectivity index (χ1) is 8.41. The number of hydrogen-bond acceptors (Lipinski definition) is 6. The van der Waals surface area contributed by atoms with Gasteiger partial charge in [-0.25, -0.2) is 0 Å². The Hall–Kier alpha value is 0.292. The molecule has 0 aliphatic rings. The van der Waals surface area contributed by atoms with Crippen LogP contribution in [0.25, 0.3) is 0 Å². The topological polar surface area (TPSA) is 55.4 Å². The maximum absolute atomic E-state index is 5.26. The molecule has 0 rings (SSSR count). The summed E-state index contributed by atoms with van der Waals surface area (Å²) in [6.45, 7) is 4.69. The Balaban J connectivity index is 2.85. The van der Waals surface area contributed by atoms with Crippen molar-refractivity contribution in [3.8, 4) is 0 Å². The van der Waals surface area contributed by atoms with E-state index in [0.717, 1.165) is 0 Å². The summed E-state index contributed by atoms with van der Waals surface area (Å²) in [5.74, 6) is 0. The SMILES string of the molecule is COCCOCC[O][Al+][O]CCOCCOC. The molecule has 0 saturated heterocycles. The van der Waals surface area contributed by atoms with E-state index in [4.69, 9.17) is 26.5 Å². The monoisotopic (exact) mass is 265 g/mol. The van der Waals surface area contributed by atoms with Gasteiger partial charge in [0.1, 0.15) is 0 Å². The summed E-state index contributed by atoms with van der Waals surface area (Å²) in [5.41, 5.74) is 0. The maximum atomic E-state index is 5.26. The summed E-state index contributed by atoms with van der Waals surface area (Å²) in [6, 6.07) is 0. The molecule has 7 heteroatoms. The fourth-order valence-electron chi connectivity index (χ4n) is 0.847. The molecule has 0 aliphatic heterocycles. The summed E-state index contributed by atoms with van der Waals surface area (Å²) in [4.78, 5) is 0. The normalized spacial score (nSPS) is 10.5. The zero-order chi connectivity index (χ0) is 12.6. The second kappa shape index (κ2) is 16.3. The summed E-state index contributed by atoms with van der Waals surface area (Å²) in [5, 5.41) is 0. The van der Waals surface area contributed by atoms with Crippen molar-refractivity contribution in [2.45, 2.75) is 0 Å². The van der Waals surface area contributed by atoms with Gasteiger partial charge in [0, 0.05) is 0 Å². The van der Waals surface area contributed by atoms with Crippen LogP contribution < -0.4 is 0 Å². The molecule has 0 amide bonds. The number of methoxy groups -OCH3 is 2. The fourth-order valence-corrected chi connectivity index (χ4v) is 1.33. The van der Waals surface area contributed by atoms with Gasteiger partial charge in [0.15, 0.2) is 0 Å². The first-order valence-corrected chi connectivity index (χ1v) is 6.54. The van der Waals surface area contributed by atoms with Crippen LogP contribution in [0.4, 0.5) is 0 Å². The molecule has 0 atom stereocenters. The Labute approximate surface area is 110 Å². The van der Waals surface area contributed by atoms with Crippen LogP contribution in [0.5, 0.6) is 0 Å². The van der Waals surface area contributed by atoms with Crippen LogP contribution in [0.2, 0.25) is 0 Å². The van der Waals surface area contributed by atoms with Crippen molar-refractivity contribution in [3.05, 3.63) is 0 Å². The van der Waals surface area contributed by atoms with Gasteiger partial charge in [-0.15, -0.1) is 0 Å². The molecule has 0 bridgehead atoms. The van der Waals surface area contributed by atoms with Crippen molar-refractivity contribution in [1.82, 2.24) is 0 Å². The predicted octanol–water partition coefficient (Wildman–Crippen LogP) is -0.120. The van der Waals surface area contributed by atoms with Crippen LogP contribution in [-0.4, -0.2) is 83.0 Å². The number of ether oxygens (including phenoxy) is 4. The minimum absolute atomic E-state index is 0.428. The summed E-state index contributed by atoms with van der Waals surface area (Å²) in [6.07, 6.45) is 0. The van der Waals surface area contributed by atoms with Crippen LogP contribution in [0.3, 0.4) is 0 Å². The Morgan fingerprint density at radius 1 is 0.588 bits per heavy atom. The number of hydrogen-bond donors (Lipinski definition) is 0. The molecule has 0 aromatic heterocycles. The molecule has 0 saturated carbocycles. The van der Waals surface area contributed by atoms with Crippen LogP contribution in [0.15, 0.2) is 0 Å². The van der Waals surface area contributed by atoms with E-state index >= 15 is 0 Å². The molecular formula is C10H22AlO6+. The molecule has 0 aromatic carbocycles. The molecular weight excluding hydrogens is 243 g/mol. The van der Waals surface area contributed by atoms with Crippen molar-refractivity contribution in [2.75, 3.05) is 67.1 Å². The molecule has 0 aliphatic carbocycles. The molecule has 0 fully saturated rings. The number of rotatable bonds is 14. The van der Waals surface area contributed by atoms with Gasteiger partial charge in [0.05, 0.1) is 0 Å². The summed E-state index contributed by atoms with van der Waals surface area (Å²) >= 11 is -0.428. The van der Waals surface area contributed by atoms with E-state index < -0.39 is 15.9 Å². The molecule has 17 heavy (non-hydrogen) atoms. The Bertz CT molecular complexity index is 124. The van der Waals surface area contributed by atoms with E-state index in [-0.39, 0.29) is 0 Å². The van der Waals surface area contributed by atoms with Gasteiger partial charge in [0.25, 0.3) is 0 Å². The van der Waals surface area contributed by atoms with Gasteiger partial charge in [0.2, 0.25) is 0 Å². The average Bonchev–Trinajstić information content (AvgIpc) is 2.35. The van der Waals surface area contributed by atoms with Gasteiger partial charge < -0.3 is 0 Å². The van der Waals surface area contributed by atoms with Gasteiger partial charge in [-0.05, 0) is 0 Å². The van der Waals surface area contributed by atoms with E-state index in [1.165, 1.54) is 0 Å². The predicted molar refractivity (Wildman–Crippen MR) is 63.0 cm³/mol. The Kier molecular flexibility index (Phi) is 16.6. The molecule has 0 spiro atoms. The molecule has 0 radical (unpaired) electrons. The summed E-state index contributed by atoms with van der Waals surface area (Å²) in [7, 11) is 3.29. The van der Waals surface area contributed by atoms with Crippen LogP contribution in [-0.2, 0) is 26.5 Å². The van der Waals surface area contributed by atoms with Gasteiger partial charge in [-0.3, -0.25) is 0 Å². The standard InChI is InChI=1S/2C5H11O3.Al/c2*1-7-4-5-8-3-2-6;/h2*2-5H2,1H3;/q2*-1;+3. The third-order valence-electron chi connectivity index (χ3n) is 1.69. The van der Waals surface area contributed by atoms with Crippen molar-refractivity contribution >= 4 is 15.9 Å². The molecule has 100 valence electrons. The van der Waals surface area contributed by atoms with Gasteiger partial charge in [-0.1, -0.05) is 0 Å². The second-order valence-corrected chi connectivity index (χ2v) is 3.91. The zero-order valence-corrected chi connectivity index (χ0v) is 11.8. The molecule has 0 unspecified atom stereocenters. The quantitative estimate of drug-likeness (QED) is 0.322. The average molecular weight is 265 g/mol. The first-order valence-electron chi connectivity index (χ1n) is 5.60. The van der Waals surface area contributed by atoms with Crippen LogP contribution in [0.1, 0.15) is 0 Å². The van der Waals surface area contributed by atoms with E-state index in [1.807, 2.05) is 0 Å². The van der Waals surface area contributed by atoms with Crippen LogP contribution in [0, 0.1) is 0 Å². The van der Waals surface area contributed by atoms with E-state index in [0.29, 0.717) is 52.9 Å². The molecule has 0 heterocycles. The molecule has 6 nitrogen and oxygen atoms in total. The molecule has 0 aromatic rings. The van der Waals surface area contributed by atoms with Crippen molar-refractivity contribution in [1.29, 1.82) is 0 Å². The van der Waals surface area contributed by atoms with Crippen LogP contribution >= 0.6 is 0 Å². The Morgan fingerprint density at radius 2 is 1.00 bits per heavy atom.